The number of nitrogens with zero attached hydrogens (tertiary/aromatic N) is 1. The Morgan fingerprint density at radius 3 is 2.78 bits per heavy atom. The highest BCUT2D eigenvalue weighted by Crippen LogP contribution is 2.33. The van der Waals surface area contributed by atoms with Crippen LogP contribution in [0.1, 0.15) is 27.9 Å². The molecule has 0 aliphatic heterocycles. The monoisotopic (exact) mass is 380 g/mol. The number of methoxy groups -OCH3 is 2. The first-order valence-corrected chi connectivity index (χ1v) is 9.67. The summed E-state index contributed by atoms with van der Waals surface area (Å²) in [5.74, 6) is 0.650. The van der Waals surface area contributed by atoms with Gasteiger partial charge in [-0.2, -0.15) is 0 Å². The van der Waals surface area contributed by atoms with Gasteiger partial charge in [0.2, 0.25) is 0 Å². The van der Waals surface area contributed by atoms with Crippen LogP contribution in [0.25, 0.3) is 11.3 Å². The van der Waals surface area contributed by atoms with Crippen LogP contribution in [0.2, 0.25) is 0 Å². The van der Waals surface area contributed by atoms with E-state index in [0.29, 0.717) is 22.2 Å². The molecule has 6 heteroatoms. The molecule has 1 aliphatic rings. The first-order chi connectivity index (χ1) is 13.2. The molecule has 0 bridgehead atoms. The number of hydrogen-bond donors (Lipinski definition) is 1. The van der Waals surface area contributed by atoms with E-state index < -0.39 is 0 Å². The SMILES string of the molecule is COc1cccc(C(=O)Nc2nc(-c3ccc4c(c3)CCC4)cs2)c1OC. The van der Waals surface area contributed by atoms with Crippen LogP contribution in [-0.2, 0) is 12.8 Å². The summed E-state index contributed by atoms with van der Waals surface area (Å²) < 4.78 is 10.6. The van der Waals surface area contributed by atoms with Crippen LogP contribution in [0.3, 0.4) is 0 Å². The van der Waals surface area contributed by atoms with Gasteiger partial charge in [-0.3, -0.25) is 10.1 Å². The second-order valence-corrected chi connectivity index (χ2v) is 7.23. The highest BCUT2D eigenvalue weighted by atomic mass is 32.1. The molecule has 4 rings (SSSR count). The fourth-order valence-electron chi connectivity index (χ4n) is 3.43. The zero-order valence-corrected chi connectivity index (χ0v) is 16.1. The lowest BCUT2D eigenvalue weighted by Gasteiger charge is -2.11. The number of anilines is 1. The smallest absolute Gasteiger partial charge is 0.261 e. The second-order valence-electron chi connectivity index (χ2n) is 6.37. The third-order valence-electron chi connectivity index (χ3n) is 4.77. The molecule has 138 valence electrons. The number of para-hydroxylation sites is 1. The molecule has 1 N–H and O–H groups in total. The van der Waals surface area contributed by atoms with Crippen LogP contribution in [0, 0.1) is 0 Å². The van der Waals surface area contributed by atoms with E-state index in [1.807, 2.05) is 5.38 Å². The summed E-state index contributed by atoms with van der Waals surface area (Å²) in [7, 11) is 3.06. The van der Waals surface area contributed by atoms with Gasteiger partial charge < -0.3 is 9.47 Å². The molecular formula is C21H20N2O3S. The highest BCUT2D eigenvalue weighted by Gasteiger charge is 2.18. The summed E-state index contributed by atoms with van der Waals surface area (Å²) in [6, 6.07) is 11.7. The van der Waals surface area contributed by atoms with Gasteiger partial charge in [-0.05, 0) is 48.6 Å². The van der Waals surface area contributed by atoms with Crippen LogP contribution in [0.5, 0.6) is 11.5 Å². The van der Waals surface area contributed by atoms with Crippen molar-refractivity contribution in [1.29, 1.82) is 0 Å². The van der Waals surface area contributed by atoms with Crippen molar-refractivity contribution < 1.29 is 14.3 Å². The predicted molar refractivity (Wildman–Crippen MR) is 107 cm³/mol. The van der Waals surface area contributed by atoms with E-state index in [2.05, 4.69) is 28.5 Å². The molecule has 27 heavy (non-hydrogen) atoms. The lowest BCUT2D eigenvalue weighted by molar-refractivity contribution is 0.102. The third kappa shape index (κ3) is 3.40. The summed E-state index contributed by atoms with van der Waals surface area (Å²) in [6.07, 6.45) is 3.52. The molecule has 1 aromatic heterocycles. The normalized spacial score (nSPS) is 12.5. The van der Waals surface area contributed by atoms with Crippen LogP contribution in [0.4, 0.5) is 5.13 Å². The number of nitrogens with one attached hydrogen (secondary N) is 1. The maximum atomic E-state index is 12.7. The maximum Gasteiger partial charge on any atom is 0.261 e. The lowest BCUT2D eigenvalue weighted by atomic mass is 10.1. The molecule has 0 saturated carbocycles. The molecular weight excluding hydrogens is 360 g/mol. The van der Waals surface area contributed by atoms with Crippen molar-refractivity contribution in [3.63, 3.8) is 0 Å². The standard InChI is InChI=1S/C21H20N2O3S/c1-25-18-8-4-7-16(19(18)26-2)20(24)23-21-22-17(12-27-21)15-10-9-13-5-3-6-14(13)11-15/h4,7-12H,3,5-6H2,1-2H3,(H,22,23,24). The molecule has 0 atom stereocenters. The topological polar surface area (TPSA) is 60.5 Å². The van der Waals surface area contributed by atoms with Gasteiger partial charge in [-0.1, -0.05) is 18.2 Å². The quantitative estimate of drug-likeness (QED) is 0.704. The molecule has 5 nitrogen and oxygen atoms in total. The molecule has 0 fully saturated rings. The predicted octanol–water partition coefficient (Wildman–Crippen LogP) is 4.57. The van der Waals surface area contributed by atoms with Crippen LogP contribution >= 0.6 is 11.3 Å². The minimum absolute atomic E-state index is 0.277. The van der Waals surface area contributed by atoms with E-state index in [0.717, 1.165) is 24.1 Å². The molecule has 0 spiro atoms. The van der Waals surface area contributed by atoms with Gasteiger partial charge in [-0.25, -0.2) is 4.98 Å². The third-order valence-corrected chi connectivity index (χ3v) is 5.52. The Morgan fingerprint density at radius 1 is 1.11 bits per heavy atom. The van der Waals surface area contributed by atoms with Gasteiger partial charge in [0.05, 0.1) is 25.5 Å². The molecule has 0 unspecified atom stereocenters. The van der Waals surface area contributed by atoms with Crippen molar-refractivity contribution in [2.24, 2.45) is 0 Å². The number of thiazole rings is 1. The number of ether oxygens (including phenoxy) is 2. The van der Waals surface area contributed by atoms with Crippen molar-refractivity contribution in [2.75, 3.05) is 19.5 Å². The Bertz CT molecular complexity index is 997. The Hall–Kier alpha value is -2.86. The average molecular weight is 380 g/mol. The van der Waals surface area contributed by atoms with Crippen molar-refractivity contribution in [3.05, 3.63) is 58.5 Å². The van der Waals surface area contributed by atoms with E-state index in [-0.39, 0.29) is 5.91 Å². The van der Waals surface area contributed by atoms with Crippen molar-refractivity contribution in [3.8, 4) is 22.8 Å². The summed E-state index contributed by atoms with van der Waals surface area (Å²) in [5.41, 5.74) is 5.22. The van der Waals surface area contributed by atoms with E-state index >= 15 is 0 Å². The number of rotatable bonds is 5. The van der Waals surface area contributed by atoms with Gasteiger partial charge in [0.1, 0.15) is 0 Å². The van der Waals surface area contributed by atoms with Crippen molar-refractivity contribution in [1.82, 2.24) is 4.98 Å². The van der Waals surface area contributed by atoms with Crippen LogP contribution in [0.15, 0.2) is 41.8 Å². The van der Waals surface area contributed by atoms with Gasteiger partial charge in [0.25, 0.3) is 5.91 Å². The summed E-state index contributed by atoms with van der Waals surface area (Å²) >= 11 is 1.41. The minimum Gasteiger partial charge on any atom is -0.493 e. The minimum atomic E-state index is -0.277. The first kappa shape index (κ1) is 17.5. The molecule has 0 saturated heterocycles. The van der Waals surface area contributed by atoms with Gasteiger partial charge in [0, 0.05) is 10.9 Å². The molecule has 3 aromatic rings. The molecule has 1 heterocycles. The summed E-state index contributed by atoms with van der Waals surface area (Å²) in [4.78, 5) is 17.3. The number of fused-ring (bicyclic) bond motifs is 1. The first-order valence-electron chi connectivity index (χ1n) is 8.79. The largest absolute Gasteiger partial charge is 0.493 e. The number of aromatic nitrogens is 1. The zero-order chi connectivity index (χ0) is 18.8. The molecule has 0 radical (unpaired) electrons. The number of amides is 1. The Labute approximate surface area is 162 Å². The fraction of sp³-hybridized carbons (Fsp3) is 0.238. The van der Waals surface area contributed by atoms with Gasteiger partial charge in [-0.15, -0.1) is 11.3 Å². The van der Waals surface area contributed by atoms with Crippen molar-refractivity contribution >= 4 is 22.4 Å². The van der Waals surface area contributed by atoms with Crippen molar-refractivity contribution in [2.45, 2.75) is 19.3 Å². The molecule has 2 aromatic carbocycles. The number of hydrogen-bond acceptors (Lipinski definition) is 5. The number of carbonyl (C=O) groups excluding carboxylic acids is 1. The number of benzene rings is 2. The average Bonchev–Trinajstić information content (AvgIpc) is 3.35. The lowest BCUT2D eigenvalue weighted by Crippen LogP contribution is -2.13. The van der Waals surface area contributed by atoms with E-state index in [9.17, 15) is 4.79 Å². The highest BCUT2D eigenvalue weighted by molar-refractivity contribution is 7.14. The fourth-order valence-corrected chi connectivity index (χ4v) is 4.14. The van der Waals surface area contributed by atoms with E-state index in [4.69, 9.17) is 9.47 Å². The van der Waals surface area contributed by atoms with Gasteiger partial charge >= 0.3 is 0 Å². The van der Waals surface area contributed by atoms with E-state index in [1.54, 1.807) is 25.3 Å². The van der Waals surface area contributed by atoms with Gasteiger partial charge in [0.15, 0.2) is 16.6 Å². The van der Waals surface area contributed by atoms with Crippen LogP contribution in [-0.4, -0.2) is 25.1 Å². The molecule has 1 aliphatic carbocycles. The second kappa shape index (κ2) is 7.40. The van der Waals surface area contributed by atoms with E-state index in [1.165, 1.54) is 36.0 Å². The number of aryl methyl sites for hydroxylation is 2. The van der Waals surface area contributed by atoms with Crippen LogP contribution < -0.4 is 14.8 Å². The summed E-state index contributed by atoms with van der Waals surface area (Å²) in [5, 5.41) is 5.38. The maximum absolute atomic E-state index is 12.7. The Morgan fingerprint density at radius 2 is 1.96 bits per heavy atom. The zero-order valence-electron chi connectivity index (χ0n) is 15.2. The Kier molecular flexibility index (Phi) is 4.81. The Balaban J connectivity index is 1.55. The molecule has 1 amide bonds. The summed E-state index contributed by atoms with van der Waals surface area (Å²) in [6.45, 7) is 0. The number of carbonyl (C=O) groups is 1.